The first kappa shape index (κ1) is 28.1. The van der Waals surface area contributed by atoms with Crippen LogP contribution in [0, 0.1) is 5.82 Å². The zero-order chi connectivity index (χ0) is 27.9. The number of amides is 1. The molecule has 1 aliphatic heterocycles. The summed E-state index contributed by atoms with van der Waals surface area (Å²) in [4.78, 5) is 29.8. The third kappa shape index (κ3) is 6.76. The van der Waals surface area contributed by atoms with Gasteiger partial charge >= 0.3 is 5.97 Å². The molecular weight excluding hydrogens is 589 g/mol. The Morgan fingerprint density at radius 3 is 2.49 bits per heavy atom. The quantitative estimate of drug-likeness (QED) is 0.277. The molecule has 0 fully saturated rings. The molecule has 0 spiro atoms. The highest BCUT2D eigenvalue weighted by molar-refractivity contribution is 9.10. The highest BCUT2D eigenvalue weighted by atomic mass is 79.9. The van der Waals surface area contributed by atoms with Gasteiger partial charge < -0.3 is 19.3 Å². The molecule has 0 unspecified atom stereocenters. The standard InChI is InChI=1S/C29H23BrFNO6S/c1-3-37-29(35)24-25(33)23(39-28(24)32-27(34)19-7-5-4-6-8-19)15-18-13-21(30)26(22(14-18)36-2)38-16-17-9-11-20(31)12-10-17/h4-15,33H,3,16H2,1-2H3/b23-15-,32-28?. The van der Waals surface area contributed by atoms with Gasteiger partial charge in [-0.05, 0) is 76.5 Å². The number of aliphatic hydroxyl groups is 1. The molecule has 0 aliphatic carbocycles. The van der Waals surface area contributed by atoms with E-state index in [0.717, 1.165) is 17.3 Å². The number of carbonyl (C=O) groups excluding carboxylic acids is 2. The van der Waals surface area contributed by atoms with Crippen LogP contribution in [0.3, 0.4) is 0 Å². The summed E-state index contributed by atoms with van der Waals surface area (Å²) in [5.41, 5.74) is 1.55. The Labute approximate surface area is 237 Å². The molecule has 1 aliphatic rings. The molecule has 7 nitrogen and oxygen atoms in total. The number of benzene rings is 3. The molecule has 0 saturated heterocycles. The lowest BCUT2D eigenvalue weighted by Gasteiger charge is -2.14. The molecule has 4 rings (SSSR count). The van der Waals surface area contributed by atoms with Gasteiger partial charge in [0.1, 0.15) is 28.8 Å². The predicted molar refractivity (Wildman–Crippen MR) is 151 cm³/mol. The second-order valence-corrected chi connectivity index (χ2v) is 9.98. The summed E-state index contributed by atoms with van der Waals surface area (Å²) in [6.07, 6.45) is 1.63. The number of aliphatic imine (C=N–C) groups is 1. The third-order valence-electron chi connectivity index (χ3n) is 5.44. The van der Waals surface area contributed by atoms with E-state index in [9.17, 15) is 19.1 Å². The number of hydrogen-bond donors (Lipinski definition) is 1. The van der Waals surface area contributed by atoms with E-state index in [1.54, 1.807) is 67.6 Å². The van der Waals surface area contributed by atoms with Crippen molar-refractivity contribution in [1.29, 1.82) is 0 Å². The third-order valence-corrected chi connectivity index (χ3v) is 7.05. The van der Waals surface area contributed by atoms with Crippen molar-refractivity contribution in [2.45, 2.75) is 13.5 Å². The van der Waals surface area contributed by atoms with Gasteiger partial charge in [0.2, 0.25) is 0 Å². The van der Waals surface area contributed by atoms with Crippen LogP contribution in [0.2, 0.25) is 0 Å². The van der Waals surface area contributed by atoms with Gasteiger partial charge in [0, 0.05) is 5.56 Å². The molecule has 3 aromatic carbocycles. The Hall–Kier alpha value is -3.89. The van der Waals surface area contributed by atoms with Crippen molar-refractivity contribution in [2.24, 2.45) is 4.99 Å². The summed E-state index contributed by atoms with van der Waals surface area (Å²) in [6.45, 7) is 1.92. The maximum absolute atomic E-state index is 13.2. The van der Waals surface area contributed by atoms with Crippen LogP contribution in [0.1, 0.15) is 28.4 Å². The maximum Gasteiger partial charge on any atom is 0.344 e. The highest BCUT2D eigenvalue weighted by Gasteiger charge is 2.34. The first-order valence-electron chi connectivity index (χ1n) is 11.7. The van der Waals surface area contributed by atoms with E-state index < -0.39 is 11.9 Å². The van der Waals surface area contributed by atoms with E-state index in [0.29, 0.717) is 32.0 Å². The molecule has 0 bridgehead atoms. The van der Waals surface area contributed by atoms with Crippen LogP contribution < -0.4 is 9.47 Å². The van der Waals surface area contributed by atoms with Gasteiger partial charge in [0.25, 0.3) is 5.91 Å². The molecule has 0 aromatic heterocycles. The number of ether oxygens (including phenoxy) is 3. The van der Waals surface area contributed by atoms with Gasteiger partial charge in [-0.1, -0.05) is 42.1 Å². The molecule has 200 valence electrons. The van der Waals surface area contributed by atoms with Crippen molar-refractivity contribution in [1.82, 2.24) is 0 Å². The normalized spacial score (nSPS) is 15.1. The van der Waals surface area contributed by atoms with Crippen molar-refractivity contribution in [2.75, 3.05) is 13.7 Å². The monoisotopic (exact) mass is 611 g/mol. The van der Waals surface area contributed by atoms with Crippen LogP contribution in [0.15, 0.2) is 92.4 Å². The van der Waals surface area contributed by atoms with Crippen molar-refractivity contribution in [3.8, 4) is 11.5 Å². The van der Waals surface area contributed by atoms with Crippen LogP contribution in [-0.2, 0) is 16.1 Å². The topological polar surface area (TPSA) is 94.4 Å². The molecule has 0 saturated carbocycles. The molecule has 10 heteroatoms. The summed E-state index contributed by atoms with van der Waals surface area (Å²) in [5.74, 6) is -1.17. The lowest BCUT2D eigenvalue weighted by atomic mass is 10.1. The number of rotatable bonds is 8. The zero-order valence-electron chi connectivity index (χ0n) is 20.9. The second-order valence-electron chi connectivity index (χ2n) is 8.09. The lowest BCUT2D eigenvalue weighted by molar-refractivity contribution is -0.138. The van der Waals surface area contributed by atoms with Crippen molar-refractivity contribution in [3.63, 3.8) is 0 Å². The first-order chi connectivity index (χ1) is 18.8. The SMILES string of the molecule is CCOC(=O)C1=C(O)/C(=C/c2cc(Br)c(OCc3ccc(F)cc3)c(OC)c2)SC1=NC(=O)c1ccccc1. The zero-order valence-corrected chi connectivity index (χ0v) is 23.3. The van der Waals surface area contributed by atoms with Crippen molar-refractivity contribution >= 4 is 50.7 Å². The van der Waals surface area contributed by atoms with Crippen molar-refractivity contribution < 1.29 is 33.3 Å². The fraction of sp³-hybridized carbons (Fsp3) is 0.138. The molecule has 0 atom stereocenters. The van der Waals surface area contributed by atoms with E-state index >= 15 is 0 Å². The number of nitrogens with zero attached hydrogens (tertiary/aromatic N) is 1. The lowest BCUT2D eigenvalue weighted by Crippen LogP contribution is -2.14. The van der Waals surface area contributed by atoms with E-state index in [-0.39, 0.29) is 35.4 Å². The van der Waals surface area contributed by atoms with E-state index in [2.05, 4.69) is 20.9 Å². The summed E-state index contributed by atoms with van der Waals surface area (Å²) < 4.78 is 30.3. The van der Waals surface area contributed by atoms with Crippen LogP contribution in [0.5, 0.6) is 11.5 Å². The van der Waals surface area contributed by atoms with Gasteiger partial charge in [0.05, 0.1) is 23.1 Å². The largest absolute Gasteiger partial charge is 0.506 e. The number of thioether (sulfide) groups is 1. The molecule has 1 amide bonds. The number of methoxy groups -OCH3 is 1. The van der Waals surface area contributed by atoms with Gasteiger partial charge in [0.15, 0.2) is 11.5 Å². The Morgan fingerprint density at radius 1 is 1.10 bits per heavy atom. The number of carbonyl (C=O) groups is 2. The fourth-order valence-electron chi connectivity index (χ4n) is 3.58. The van der Waals surface area contributed by atoms with Gasteiger partial charge in [-0.2, -0.15) is 0 Å². The molecule has 39 heavy (non-hydrogen) atoms. The highest BCUT2D eigenvalue weighted by Crippen LogP contribution is 2.42. The molecule has 3 aromatic rings. The minimum Gasteiger partial charge on any atom is -0.506 e. The Bertz CT molecular complexity index is 1490. The van der Waals surface area contributed by atoms with E-state index in [1.165, 1.54) is 19.2 Å². The van der Waals surface area contributed by atoms with Gasteiger partial charge in [-0.25, -0.2) is 14.2 Å². The predicted octanol–water partition coefficient (Wildman–Crippen LogP) is 6.88. The van der Waals surface area contributed by atoms with Crippen molar-refractivity contribution in [3.05, 3.63) is 110 Å². The van der Waals surface area contributed by atoms with Crippen LogP contribution in [0.4, 0.5) is 4.39 Å². The molecule has 1 heterocycles. The number of halogens is 2. The minimum absolute atomic E-state index is 0.0383. The number of aliphatic hydroxyl groups excluding tert-OH is 1. The Balaban J connectivity index is 1.65. The number of esters is 1. The maximum atomic E-state index is 13.2. The van der Waals surface area contributed by atoms with Crippen LogP contribution in [-0.4, -0.2) is 35.7 Å². The number of hydrogen-bond acceptors (Lipinski definition) is 7. The summed E-state index contributed by atoms with van der Waals surface area (Å²) in [6, 6.07) is 17.8. The molecular formula is C29H23BrFNO6S. The first-order valence-corrected chi connectivity index (χ1v) is 13.3. The summed E-state index contributed by atoms with van der Waals surface area (Å²) in [5, 5.41) is 11.0. The van der Waals surface area contributed by atoms with E-state index in [4.69, 9.17) is 14.2 Å². The summed E-state index contributed by atoms with van der Waals surface area (Å²) in [7, 11) is 1.49. The molecule has 0 radical (unpaired) electrons. The van der Waals surface area contributed by atoms with Gasteiger partial charge in [-0.3, -0.25) is 4.79 Å². The van der Waals surface area contributed by atoms with Gasteiger partial charge in [-0.15, -0.1) is 0 Å². The molecule has 1 N–H and O–H groups in total. The average Bonchev–Trinajstić information content (AvgIpc) is 3.23. The van der Waals surface area contributed by atoms with Crippen LogP contribution in [0.25, 0.3) is 6.08 Å². The smallest absolute Gasteiger partial charge is 0.344 e. The Morgan fingerprint density at radius 2 is 1.82 bits per heavy atom. The van der Waals surface area contributed by atoms with E-state index in [1.807, 2.05) is 0 Å². The summed E-state index contributed by atoms with van der Waals surface area (Å²) >= 11 is 4.47. The van der Waals surface area contributed by atoms with Crippen LogP contribution >= 0.6 is 27.7 Å². The average molecular weight is 612 g/mol. The minimum atomic E-state index is -0.784. The second kappa shape index (κ2) is 12.8. The fourth-order valence-corrected chi connectivity index (χ4v) is 5.17. The Kier molecular flexibility index (Phi) is 9.21.